The number of H-pyrrole nitrogens is 1. The van der Waals surface area contributed by atoms with Crippen molar-refractivity contribution >= 4 is 72.2 Å². The highest BCUT2D eigenvalue weighted by Gasteiger charge is 2.66. The lowest BCUT2D eigenvalue weighted by molar-refractivity contribution is -0.183. The van der Waals surface area contributed by atoms with Crippen molar-refractivity contribution < 1.29 is 46.5 Å². The first-order valence-corrected chi connectivity index (χ1v) is 18.8. The third-order valence-electron chi connectivity index (χ3n) is 8.04. The second-order valence-electron chi connectivity index (χ2n) is 10.9. The number of aromatic nitrogens is 8. The summed E-state index contributed by atoms with van der Waals surface area (Å²) < 4.78 is 71.3. The first kappa shape index (κ1) is 30.7. The minimum atomic E-state index is -4.30. The molecule has 4 saturated heterocycles. The number of ether oxygens (including phenoxy) is 3. The average Bonchev–Trinajstić information content (AvgIpc) is 3.80. The van der Waals surface area contributed by atoms with E-state index >= 15 is 0 Å². The first-order chi connectivity index (χ1) is 21.8. The number of aliphatic hydroxyl groups is 1. The van der Waals surface area contributed by atoms with E-state index in [0.717, 1.165) is 0 Å². The molecule has 25 heteroatoms. The van der Waals surface area contributed by atoms with E-state index < -0.39 is 80.9 Å². The number of nitrogen functional groups attached to an aromatic ring is 2. The van der Waals surface area contributed by atoms with Crippen LogP contribution in [0.5, 0.6) is 0 Å². The molecule has 0 aliphatic carbocycles. The highest BCUT2D eigenvalue weighted by atomic mass is 32.7. The number of anilines is 2. The fourth-order valence-electron chi connectivity index (χ4n) is 5.99. The first-order valence-electron chi connectivity index (χ1n) is 13.4. The minimum absolute atomic E-state index is 0.0197. The number of hydrogen-bond acceptors (Lipinski definition) is 18. The molecule has 2 bridgehead atoms. The highest BCUT2D eigenvalue weighted by Crippen LogP contribution is 2.63. The van der Waals surface area contributed by atoms with Crippen LogP contribution in [-0.2, 0) is 41.4 Å². The van der Waals surface area contributed by atoms with Crippen molar-refractivity contribution in [3.63, 3.8) is 0 Å². The van der Waals surface area contributed by atoms with E-state index in [4.69, 9.17) is 43.8 Å². The van der Waals surface area contributed by atoms with Crippen molar-refractivity contribution in [3.8, 4) is 0 Å². The highest BCUT2D eigenvalue weighted by molar-refractivity contribution is 8.44. The van der Waals surface area contributed by atoms with Crippen LogP contribution in [0.15, 0.2) is 23.8 Å². The molecule has 0 amide bonds. The lowest BCUT2D eigenvalue weighted by Gasteiger charge is -2.33. The van der Waals surface area contributed by atoms with E-state index in [-0.39, 0.29) is 40.7 Å². The van der Waals surface area contributed by atoms with Gasteiger partial charge in [0.1, 0.15) is 48.0 Å². The van der Waals surface area contributed by atoms with Gasteiger partial charge in [-0.3, -0.25) is 37.0 Å². The third kappa shape index (κ3) is 4.89. The summed E-state index contributed by atoms with van der Waals surface area (Å²) in [6.45, 7) is -9.73. The zero-order valence-corrected chi connectivity index (χ0v) is 26.6. The lowest BCUT2D eigenvalue weighted by atomic mass is 10.0. The fourth-order valence-corrected chi connectivity index (χ4v) is 9.00. The molecule has 4 aliphatic heterocycles. The molecule has 4 fully saturated rings. The van der Waals surface area contributed by atoms with Crippen LogP contribution in [0.4, 0.5) is 11.8 Å². The zero-order chi connectivity index (χ0) is 32.2. The van der Waals surface area contributed by atoms with Gasteiger partial charge in [-0.2, -0.15) is 4.98 Å². The molecular weight excluding hydrogens is 694 g/mol. The van der Waals surface area contributed by atoms with Gasteiger partial charge >= 0.3 is 13.6 Å². The Labute approximate surface area is 266 Å². The van der Waals surface area contributed by atoms with Gasteiger partial charge in [0.05, 0.1) is 32.5 Å². The van der Waals surface area contributed by atoms with Crippen LogP contribution in [0.2, 0.25) is 0 Å². The molecule has 4 aliphatic rings. The summed E-state index contributed by atoms with van der Waals surface area (Å²) in [5.74, 6) is -0.0588. The number of aliphatic hydroxyl groups excluding tert-OH is 1. The Morgan fingerprint density at radius 3 is 2.50 bits per heavy atom. The Morgan fingerprint density at radius 2 is 1.70 bits per heavy atom. The predicted molar refractivity (Wildman–Crippen MR) is 160 cm³/mol. The molecule has 1 unspecified atom stereocenters. The summed E-state index contributed by atoms with van der Waals surface area (Å²) in [7, 11) is 0. The minimum Gasteiger partial charge on any atom is -0.386 e. The number of nitrogens with zero attached hydrogens (tertiary/aromatic N) is 7. The number of nitrogens with one attached hydrogen (secondary N) is 1. The molecule has 6 N–H and O–H groups in total. The quantitative estimate of drug-likeness (QED) is 0.117. The maximum atomic E-state index is 13.6. The Morgan fingerprint density at radius 1 is 0.957 bits per heavy atom. The van der Waals surface area contributed by atoms with E-state index in [1.807, 2.05) is 0 Å². The second-order valence-corrected chi connectivity index (χ2v) is 16.6. The van der Waals surface area contributed by atoms with Gasteiger partial charge in [0, 0.05) is 0 Å². The monoisotopic (exact) mass is 718 g/mol. The number of imidazole rings is 2. The molecule has 4 aromatic rings. The number of thiol groups is 2. The molecular formula is C21H24N10O11P2S2. The van der Waals surface area contributed by atoms with Crippen molar-refractivity contribution in [1.29, 1.82) is 0 Å². The summed E-state index contributed by atoms with van der Waals surface area (Å²) in [5, 5.41) is 11.3. The Balaban J connectivity index is 1.11. The van der Waals surface area contributed by atoms with Gasteiger partial charge in [0.25, 0.3) is 5.56 Å². The van der Waals surface area contributed by atoms with E-state index in [1.165, 1.54) is 28.1 Å². The maximum Gasteiger partial charge on any atom is 0.386 e. The van der Waals surface area contributed by atoms with Gasteiger partial charge in [-0.05, 0) is 0 Å². The molecule has 0 radical (unpaired) electrons. The Bertz CT molecular complexity index is 2030. The van der Waals surface area contributed by atoms with Crippen molar-refractivity contribution in [2.24, 2.45) is 0 Å². The van der Waals surface area contributed by atoms with Gasteiger partial charge in [-0.15, -0.1) is 0 Å². The van der Waals surface area contributed by atoms with Gasteiger partial charge in [0.15, 0.2) is 35.1 Å². The molecule has 8 heterocycles. The van der Waals surface area contributed by atoms with Crippen LogP contribution in [0, 0.1) is 0 Å². The lowest BCUT2D eigenvalue weighted by Crippen LogP contribution is -2.46. The largest absolute Gasteiger partial charge is 0.386 e. The van der Waals surface area contributed by atoms with E-state index in [0.29, 0.717) is 0 Å². The predicted octanol–water partition coefficient (Wildman–Crippen LogP) is -0.0584. The summed E-state index contributed by atoms with van der Waals surface area (Å²) >= 11 is 8.33. The molecule has 21 nitrogen and oxygen atoms in total. The van der Waals surface area contributed by atoms with Crippen LogP contribution in [0.25, 0.3) is 22.3 Å². The normalized spacial score (nSPS) is 39.7. The van der Waals surface area contributed by atoms with Gasteiger partial charge in [0.2, 0.25) is 5.95 Å². The number of rotatable bonds is 2. The molecule has 4 aromatic heterocycles. The fraction of sp³-hybridized carbons (Fsp3) is 0.524. The maximum absolute atomic E-state index is 13.6. The molecule has 0 spiro atoms. The average molecular weight is 719 g/mol. The smallest absolute Gasteiger partial charge is 0.386 e. The standard InChI is InChI=1S/C21H24N10O11P2S2/c22-14-8-15(25-4-24-14)30(5-26-8)18-10(32)11-7(39-18)1-37-43(34,45)42-13-12-19(31-6-27-9-16(31)28-20(23)29-17(9)33)40-21(13,2-36-12)3-38-44(35,46)41-11/h4-7,10-13,18-19,32H,1-3H2,(H,34,45)(H,35,46)(H2,22,24,25)(H3,23,28,29,33)/t7?,10-,11-,12-,13+,18-,19-,21-,43+,44+/m1/s1. The van der Waals surface area contributed by atoms with Crippen LogP contribution in [0.3, 0.4) is 0 Å². The van der Waals surface area contributed by atoms with Crippen LogP contribution in [0.1, 0.15) is 12.5 Å². The van der Waals surface area contributed by atoms with Gasteiger partial charge < -0.3 is 30.8 Å². The SMILES string of the molecule is Nc1nc2c(ncn2[C@@H]2O[C@@]34CO[C@@H]2[C@@H]3O[P@@](=O)(S)OCC2O[C@@H](n3cnc5c(N)ncnc53)[C@H](O)[C@@H]2O[P@@](=O)(S)OC4)c(=O)[nH]1. The topological polar surface area (TPSA) is 278 Å². The van der Waals surface area contributed by atoms with E-state index in [2.05, 4.69) is 54.4 Å². The number of hydrogen-bond donors (Lipinski definition) is 6. The van der Waals surface area contributed by atoms with E-state index in [9.17, 15) is 19.0 Å². The van der Waals surface area contributed by atoms with Gasteiger partial charge in [-0.1, -0.05) is 24.5 Å². The Hall–Kier alpha value is -2.66. The van der Waals surface area contributed by atoms with Crippen molar-refractivity contribution in [1.82, 2.24) is 39.0 Å². The molecule has 0 saturated carbocycles. The van der Waals surface area contributed by atoms with Crippen molar-refractivity contribution in [2.45, 2.75) is 48.6 Å². The van der Waals surface area contributed by atoms with Crippen molar-refractivity contribution in [3.05, 3.63) is 29.3 Å². The summed E-state index contributed by atoms with van der Waals surface area (Å²) in [6, 6.07) is 0. The second kappa shape index (κ2) is 10.7. The summed E-state index contributed by atoms with van der Waals surface area (Å²) in [4.78, 5) is 35.2. The molecule has 0 aromatic carbocycles. The third-order valence-corrected chi connectivity index (χ3v) is 11.2. The van der Waals surface area contributed by atoms with Crippen LogP contribution in [-0.4, -0.2) is 100 Å². The van der Waals surface area contributed by atoms with Crippen LogP contribution < -0.4 is 17.0 Å². The molecule has 8 rings (SSSR count). The zero-order valence-electron chi connectivity index (χ0n) is 23.0. The van der Waals surface area contributed by atoms with E-state index in [1.54, 1.807) is 0 Å². The summed E-state index contributed by atoms with van der Waals surface area (Å²) in [6.07, 6.45) is -4.64. The number of fused-ring (bicyclic) bond motifs is 3. The van der Waals surface area contributed by atoms with Crippen LogP contribution >= 0.6 is 38.1 Å². The molecule has 10 atom stereocenters. The summed E-state index contributed by atoms with van der Waals surface area (Å²) in [5.41, 5.74) is 10.1. The number of nitrogens with two attached hydrogens (primary N) is 2. The van der Waals surface area contributed by atoms with Gasteiger partial charge in [-0.25, -0.2) is 29.1 Å². The molecule has 46 heavy (non-hydrogen) atoms. The van der Waals surface area contributed by atoms with Crippen molar-refractivity contribution in [2.75, 3.05) is 31.3 Å². The molecule has 246 valence electrons. The Kier molecular flexibility index (Phi) is 7.11. The number of aromatic amines is 1.